The maximum Gasteiger partial charge on any atom is 0.270 e. The fourth-order valence-corrected chi connectivity index (χ4v) is 2.45. The molecule has 0 aliphatic rings. The highest BCUT2D eigenvalue weighted by molar-refractivity contribution is 5.91. The smallest absolute Gasteiger partial charge is 0.270 e. The molecule has 0 N–H and O–H groups in total. The number of benzene rings is 1. The van der Waals surface area contributed by atoms with Crippen LogP contribution in [0.1, 0.15) is 57.9 Å². The van der Waals surface area contributed by atoms with E-state index in [1.807, 2.05) is 4.90 Å². The van der Waals surface area contributed by atoms with Gasteiger partial charge in [0.2, 0.25) is 5.91 Å². The fourth-order valence-electron chi connectivity index (χ4n) is 2.45. The van der Waals surface area contributed by atoms with Crippen molar-refractivity contribution in [3.63, 3.8) is 0 Å². The number of carbonyl (C=O) groups is 1. The normalized spacial score (nSPS) is 10.9. The molecule has 132 valence electrons. The zero-order valence-electron chi connectivity index (χ0n) is 14.7. The molecule has 24 heavy (non-hydrogen) atoms. The van der Waals surface area contributed by atoms with Gasteiger partial charge in [-0.3, -0.25) is 14.9 Å². The molecule has 5 nitrogen and oxygen atoms in total. The largest absolute Gasteiger partial charge is 0.339 e. The van der Waals surface area contributed by atoms with E-state index >= 15 is 0 Å². The predicted molar refractivity (Wildman–Crippen MR) is 97.8 cm³/mol. The molecular weight excluding hydrogens is 304 g/mol. The zero-order chi connectivity index (χ0) is 17.8. The van der Waals surface area contributed by atoms with Crippen LogP contribution in [-0.2, 0) is 4.79 Å². The average molecular weight is 332 g/mol. The summed E-state index contributed by atoms with van der Waals surface area (Å²) in [6, 6.07) is 6.31. The molecule has 0 atom stereocenters. The van der Waals surface area contributed by atoms with Crippen LogP contribution in [0.4, 0.5) is 5.69 Å². The van der Waals surface area contributed by atoms with Crippen LogP contribution in [0.5, 0.6) is 0 Å². The Bertz CT molecular complexity index is 545. The van der Waals surface area contributed by atoms with Crippen LogP contribution in [0.2, 0.25) is 0 Å². The lowest BCUT2D eigenvalue weighted by molar-refractivity contribution is -0.384. The highest BCUT2D eigenvalue weighted by Gasteiger charge is 2.10. The fraction of sp³-hybridized carbons (Fsp3) is 0.526. The summed E-state index contributed by atoms with van der Waals surface area (Å²) >= 11 is 0. The first kappa shape index (κ1) is 19.9. The van der Waals surface area contributed by atoms with Gasteiger partial charge in [0.25, 0.3) is 5.69 Å². The van der Waals surface area contributed by atoms with Crippen molar-refractivity contribution in [2.24, 2.45) is 0 Å². The Balaban J connectivity index is 2.70. The summed E-state index contributed by atoms with van der Waals surface area (Å²) in [4.78, 5) is 24.7. The van der Waals surface area contributed by atoms with Gasteiger partial charge in [0, 0.05) is 31.3 Å². The van der Waals surface area contributed by atoms with Crippen LogP contribution in [0.3, 0.4) is 0 Å². The second kappa shape index (κ2) is 11.4. The maximum atomic E-state index is 12.4. The van der Waals surface area contributed by atoms with Crippen molar-refractivity contribution < 1.29 is 9.72 Å². The molecule has 0 aliphatic carbocycles. The molecule has 1 aromatic rings. The third kappa shape index (κ3) is 7.40. The lowest BCUT2D eigenvalue weighted by Crippen LogP contribution is -2.31. The molecule has 0 aromatic heterocycles. The summed E-state index contributed by atoms with van der Waals surface area (Å²) in [6.07, 6.45) is 9.69. The molecular formula is C19H28N2O3. The van der Waals surface area contributed by atoms with Gasteiger partial charge >= 0.3 is 0 Å². The van der Waals surface area contributed by atoms with Crippen molar-refractivity contribution in [2.75, 3.05) is 13.1 Å². The van der Waals surface area contributed by atoms with Crippen molar-refractivity contribution in [2.45, 2.75) is 52.4 Å². The number of hydrogen-bond donors (Lipinski definition) is 0. The zero-order valence-corrected chi connectivity index (χ0v) is 14.7. The summed E-state index contributed by atoms with van der Waals surface area (Å²) in [5.41, 5.74) is 0.701. The topological polar surface area (TPSA) is 63.5 Å². The molecule has 1 rings (SSSR count). The maximum absolute atomic E-state index is 12.4. The average Bonchev–Trinajstić information content (AvgIpc) is 2.59. The minimum absolute atomic E-state index is 0.0197. The Morgan fingerprint density at radius 1 is 1.12 bits per heavy atom. The molecule has 0 saturated carbocycles. The molecule has 0 aliphatic heterocycles. The monoisotopic (exact) mass is 332 g/mol. The number of carbonyl (C=O) groups excluding carboxylic acids is 1. The van der Waals surface area contributed by atoms with Gasteiger partial charge in [0.15, 0.2) is 0 Å². The van der Waals surface area contributed by atoms with Gasteiger partial charge in [-0.25, -0.2) is 0 Å². The van der Waals surface area contributed by atoms with Crippen LogP contribution in [0, 0.1) is 10.1 Å². The van der Waals surface area contributed by atoms with Crippen molar-refractivity contribution in [1.29, 1.82) is 0 Å². The van der Waals surface area contributed by atoms with Gasteiger partial charge in [-0.05, 0) is 24.5 Å². The highest BCUT2D eigenvalue weighted by Crippen LogP contribution is 2.14. The van der Waals surface area contributed by atoms with Gasteiger partial charge < -0.3 is 4.90 Å². The van der Waals surface area contributed by atoms with E-state index in [4.69, 9.17) is 0 Å². The van der Waals surface area contributed by atoms with Crippen molar-refractivity contribution in [3.05, 3.63) is 46.0 Å². The molecule has 0 unspecified atom stereocenters. The predicted octanol–water partition coefficient (Wildman–Crippen LogP) is 4.82. The lowest BCUT2D eigenvalue weighted by atomic mass is 10.1. The van der Waals surface area contributed by atoms with Crippen LogP contribution >= 0.6 is 0 Å². The Hall–Kier alpha value is -2.17. The molecule has 0 spiro atoms. The molecule has 1 amide bonds. The SMILES string of the molecule is CCCCCN(CCCCC)C(=O)C=Cc1cccc([N+](=O)[O-])c1. The summed E-state index contributed by atoms with van der Waals surface area (Å²) in [5.74, 6) is -0.0197. The molecule has 0 fully saturated rings. The Morgan fingerprint density at radius 2 is 1.75 bits per heavy atom. The third-order valence-electron chi connectivity index (χ3n) is 3.87. The number of amides is 1. The second-order valence-corrected chi connectivity index (χ2v) is 5.92. The van der Waals surface area contributed by atoms with Gasteiger partial charge in [-0.2, -0.15) is 0 Å². The minimum atomic E-state index is -0.430. The van der Waals surface area contributed by atoms with Crippen molar-refractivity contribution in [1.82, 2.24) is 4.90 Å². The van der Waals surface area contributed by atoms with E-state index in [9.17, 15) is 14.9 Å². The Morgan fingerprint density at radius 3 is 2.29 bits per heavy atom. The molecule has 0 saturated heterocycles. The number of hydrogen-bond acceptors (Lipinski definition) is 3. The first-order valence-corrected chi connectivity index (χ1v) is 8.80. The van der Waals surface area contributed by atoms with Crippen LogP contribution in [-0.4, -0.2) is 28.8 Å². The van der Waals surface area contributed by atoms with Gasteiger partial charge in [0.1, 0.15) is 0 Å². The molecule has 0 heterocycles. The van der Waals surface area contributed by atoms with E-state index in [2.05, 4.69) is 13.8 Å². The number of nitro groups is 1. The summed E-state index contributed by atoms with van der Waals surface area (Å²) < 4.78 is 0. The Kier molecular flexibility index (Phi) is 9.42. The summed E-state index contributed by atoms with van der Waals surface area (Å²) in [5, 5.41) is 10.8. The van der Waals surface area contributed by atoms with E-state index in [-0.39, 0.29) is 11.6 Å². The lowest BCUT2D eigenvalue weighted by Gasteiger charge is -2.21. The number of nitrogens with zero attached hydrogens (tertiary/aromatic N) is 2. The van der Waals surface area contributed by atoms with E-state index in [0.29, 0.717) is 5.56 Å². The van der Waals surface area contributed by atoms with E-state index < -0.39 is 4.92 Å². The van der Waals surface area contributed by atoms with Crippen LogP contribution < -0.4 is 0 Å². The second-order valence-electron chi connectivity index (χ2n) is 5.92. The number of rotatable bonds is 11. The molecule has 5 heteroatoms. The molecule has 1 aromatic carbocycles. The molecule has 0 bridgehead atoms. The third-order valence-corrected chi connectivity index (χ3v) is 3.87. The number of nitro benzene ring substituents is 1. The number of unbranched alkanes of at least 4 members (excludes halogenated alkanes) is 4. The quantitative estimate of drug-likeness (QED) is 0.253. The standard InChI is InChI=1S/C19H28N2O3/c1-3-5-7-14-20(15-8-6-4-2)19(22)13-12-17-10-9-11-18(16-17)21(23)24/h9-13,16H,3-8,14-15H2,1-2H3. The van der Waals surface area contributed by atoms with E-state index in [1.165, 1.54) is 18.2 Å². The first-order valence-electron chi connectivity index (χ1n) is 8.80. The van der Waals surface area contributed by atoms with Gasteiger partial charge in [-0.15, -0.1) is 0 Å². The summed E-state index contributed by atoms with van der Waals surface area (Å²) in [6.45, 7) is 5.84. The van der Waals surface area contributed by atoms with Crippen LogP contribution in [0.15, 0.2) is 30.3 Å². The van der Waals surface area contributed by atoms with Crippen molar-refractivity contribution >= 4 is 17.7 Å². The summed E-state index contributed by atoms with van der Waals surface area (Å²) in [7, 11) is 0. The van der Waals surface area contributed by atoms with Gasteiger partial charge in [0.05, 0.1) is 4.92 Å². The van der Waals surface area contributed by atoms with E-state index in [0.717, 1.165) is 51.6 Å². The van der Waals surface area contributed by atoms with Gasteiger partial charge in [-0.1, -0.05) is 51.7 Å². The van der Waals surface area contributed by atoms with Crippen LogP contribution in [0.25, 0.3) is 6.08 Å². The first-order chi connectivity index (χ1) is 11.6. The molecule has 0 radical (unpaired) electrons. The van der Waals surface area contributed by atoms with E-state index in [1.54, 1.807) is 18.2 Å². The minimum Gasteiger partial charge on any atom is -0.339 e. The number of non-ortho nitro benzene ring substituents is 1. The highest BCUT2D eigenvalue weighted by atomic mass is 16.6. The van der Waals surface area contributed by atoms with Crippen molar-refractivity contribution in [3.8, 4) is 0 Å². The Labute approximate surface area is 144 Å².